The van der Waals surface area contributed by atoms with Crippen LogP contribution in [-0.4, -0.2) is 69.3 Å². The van der Waals surface area contributed by atoms with Crippen molar-refractivity contribution in [3.63, 3.8) is 0 Å². The Bertz CT molecular complexity index is 1150. The summed E-state index contributed by atoms with van der Waals surface area (Å²) < 4.78 is 44.2. The molecule has 0 N–H and O–H groups in total. The first kappa shape index (κ1) is 28.9. The number of hydrogen-bond acceptors (Lipinski definition) is 5. The number of likely N-dealkylation sites (tertiary alicyclic amines) is 1. The van der Waals surface area contributed by atoms with Crippen LogP contribution in [0.1, 0.15) is 61.4 Å². The number of nitrogens with zero attached hydrogens (tertiary/aromatic N) is 2. The molecule has 1 saturated heterocycles. The summed E-state index contributed by atoms with van der Waals surface area (Å²) in [5, 5.41) is 0. The molecular formula is C31H40F2N2O4. The average molecular weight is 543 g/mol. The Morgan fingerprint density at radius 1 is 1.00 bits per heavy atom. The molecule has 1 aliphatic heterocycles. The van der Waals surface area contributed by atoms with E-state index in [9.17, 15) is 13.6 Å². The van der Waals surface area contributed by atoms with Gasteiger partial charge in [0.2, 0.25) is 5.75 Å². The van der Waals surface area contributed by atoms with Gasteiger partial charge in [0, 0.05) is 42.9 Å². The first-order chi connectivity index (χ1) is 18.8. The van der Waals surface area contributed by atoms with Gasteiger partial charge in [-0.1, -0.05) is 24.5 Å². The minimum atomic E-state index is -0.629. The summed E-state index contributed by atoms with van der Waals surface area (Å²) in [6.07, 6.45) is 8.98. The van der Waals surface area contributed by atoms with Crippen molar-refractivity contribution in [1.82, 2.24) is 9.80 Å². The predicted molar refractivity (Wildman–Crippen MR) is 149 cm³/mol. The highest BCUT2D eigenvalue weighted by atomic mass is 19.1. The van der Waals surface area contributed by atoms with Crippen LogP contribution in [0.15, 0.2) is 35.9 Å². The van der Waals surface area contributed by atoms with Crippen molar-refractivity contribution in [3.05, 3.63) is 58.7 Å². The summed E-state index contributed by atoms with van der Waals surface area (Å²) in [7, 11) is 4.57. The fraction of sp³-hybridized carbons (Fsp3) is 0.516. The van der Waals surface area contributed by atoms with Crippen LogP contribution in [0.25, 0.3) is 6.08 Å². The third-order valence-electron chi connectivity index (χ3n) is 7.90. The maximum atomic E-state index is 14.4. The Hall–Kier alpha value is -3.13. The molecule has 2 aliphatic rings. The third kappa shape index (κ3) is 7.10. The van der Waals surface area contributed by atoms with Crippen LogP contribution in [0, 0.1) is 17.6 Å². The molecule has 1 heterocycles. The fourth-order valence-corrected chi connectivity index (χ4v) is 5.96. The molecular weight excluding hydrogens is 502 g/mol. The molecule has 4 rings (SSSR count). The lowest BCUT2D eigenvalue weighted by molar-refractivity contribution is 0.0714. The van der Waals surface area contributed by atoms with Gasteiger partial charge in [-0.25, -0.2) is 8.78 Å². The molecule has 0 radical (unpaired) electrons. The van der Waals surface area contributed by atoms with Crippen LogP contribution in [0.4, 0.5) is 8.78 Å². The molecule has 2 fully saturated rings. The molecule has 8 heteroatoms. The highest BCUT2D eigenvalue weighted by Crippen LogP contribution is 2.38. The van der Waals surface area contributed by atoms with E-state index < -0.39 is 11.6 Å². The van der Waals surface area contributed by atoms with Crippen LogP contribution in [0.2, 0.25) is 0 Å². The minimum Gasteiger partial charge on any atom is -0.493 e. The molecule has 0 aromatic heterocycles. The number of carbonyl (C=O) groups is 1. The smallest absolute Gasteiger partial charge is 0.254 e. The molecule has 0 unspecified atom stereocenters. The molecule has 1 atom stereocenters. The molecule has 6 nitrogen and oxygen atoms in total. The van der Waals surface area contributed by atoms with Crippen LogP contribution < -0.4 is 14.2 Å². The van der Waals surface area contributed by atoms with Gasteiger partial charge in [0.1, 0.15) is 11.6 Å². The number of ether oxygens (including phenoxy) is 3. The summed E-state index contributed by atoms with van der Waals surface area (Å²) >= 11 is 0. The Labute approximate surface area is 230 Å². The van der Waals surface area contributed by atoms with E-state index in [0.717, 1.165) is 43.5 Å². The second-order valence-electron chi connectivity index (χ2n) is 10.7. The zero-order valence-electron chi connectivity index (χ0n) is 23.5. The van der Waals surface area contributed by atoms with E-state index in [1.165, 1.54) is 59.1 Å². The number of benzene rings is 2. The SMILES string of the molecule is COc1cc(C(=O)N(CC(C)=Cc2ccc(F)cc2F)C[C@@H]2CCCN2CC2CCCC2)cc(OC)c1OC. The average Bonchev–Trinajstić information content (AvgIpc) is 3.61. The predicted octanol–water partition coefficient (Wildman–Crippen LogP) is 6.19. The number of halogens is 2. The molecule has 0 bridgehead atoms. The summed E-state index contributed by atoms with van der Waals surface area (Å²) in [6, 6.07) is 7.12. The van der Waals surface area contributed by atoms with Gasteiger partial charge in [0.25, 0.3) is 5.91 Å². The van der Waals surface area contributed by atoms with Gasteiger partial charge < -0.3 is 19.1 Å². The maximum Gasteiger partial charge on any atom is 0.254 e. The van der Waals surface area contributed by atoms with Crippen LogP contribution in [-0.2, 0) is 0 Å². The van der Waals surface area contributed by atoms with E-state index in [1.807, 2.05) is 11.8 Å². The summed E-state index contributed by atoms with van der Waals surface area (Å²) in [6.45, 7) is 4.85. The van der Waals surface area contributed by atoms with Crippen molar-refractivity contribution < 1.29 is 27.8 Å². The molecule has 1 saturated carbocycles. The standard InChI is InChI=1S/C31H40F2N2O4/c1-21(14-23-11-12-25(32)17-27(23)33)18-35(20-26-10-7-13-34(26)19-22-8-5-6-9-22)31(36)24-15-28(37-2)30(39-4)29(16-24)38-3/h11-12,14-17,22,26H,5-10,13,18-20H2,1-4H3/t26-/m0/s1. The van der Waals surface area contributed by atoms with Crippen LogP contribution in [0.5, 0.6) is 17.2 Å². The molecule has 2 aromatic rings. The summed E-state index contributed by atoms with van der Waals surface area (Å²) in [5.74, 6) is 0.543. The van der Waals surface area contributed by atoms with Crippen molar-refractivity contribution in [3.8, 4) is 17.2 Å². The number of methoxy groups -OCH3 is 3. The van der Waals surface area contributed by atoms with Gasteiger partial charge in [-0.2, -0.15) is 0 Å². The lowest BCUT2D eigenvalue weighted by atomic mass is 10.1. The fourth-order valence-electron chi connectivity index (χ4n) is 5.96. The van der Waals surface area contributed by atoms with Crippen molar-refractivity contribution in [2.24, 2.45) is 5.92 Å². The van der Waals surface area contributed by atoms with Crippen LogP contribution in [0.3, 0.4) is 0 Å². The summed E-state index contributed by atoms with van der Waals surface area (Å²) in [4.78, 5) is 18.4. The monoisotopic (exact) mass is 542 g/mol. The first-order valence-electron chi connectivity index (χ1n) is 13.8. The molecule has 0 spiro atoms. The van der Waals surface area contributed by atoms with E-state index in [1.54, 1.807) is 18.2 Å². The third-order valence-corrected chi connectivity index (χ3v) is 7.90. The Balaban J connectivity index is 1.62. The molecule has 39 heavy (non-hydrogen) atoms. The van der Waals surface area contributed by atoms with E-state index >= 15 is 0 Å². The Morgan fingerprint density at radius 3 is 2.31 bits per heavy atom. The van der Waals surface area contributed by atoms with Crippen LogP contribution >= 0.6 is 0 Å². The van der Waals surface area contributed by atoms with E-state index in [2.05, 4.69) is 4.90 Å². The van der Waals surface area contributed by atoms with Gasteiger partial charge in [-0.15, -0.1) is 0 Å². The van der Waals surface area contributed by atoms with Gasteiger partial charge in [0.05, 0.1) is 21.3 Å². The largest absolute Gasteiger partial charge is 0.493 e. The highest BCUT2D eigenvalue weighted by molar-refractivity contribution is 5.96. The topological polar surface area (TPSA) is 51.2 Å². The van der Waals surface area contributed by atoms with Gasteiger partial charge >= 0.3 is 0 Å². The highest BCUT2D eigenvalue weighted by Gasteiger charge is 2.31. The summed E-state index contributed by atoms with van der Waals surface area (Å²) in [5.41, 5.74) is 1.50. The number of carbonyl (C=O) groups excluding carboxylic acids is 1. The normalized spacial score (nSPS) is 18.4. The lowest BCUT2D eigenvalue weighted by Crippen LogP contribution is -2.45. The quantitative estimate of drug-likeness (QED) is 0.339. The lowest BCUT2D eigenvalue weighted by Gasteiger charge is -2.33. The van der Waals surface area contributed by atoms with E-state index in [0.29, 0.717) is 35.9 Å². The van der Waals surface area contributed by atoms with E-state index in [4.69, 9.17) is 14.2 Å². The van der Waals surface area contributed by atoms with E-state index in [-0.39, 0.29) is 17.5 Å². The first-order valence-corrected chi connectivity index (χ1v) is 13.8. The molecule has 212 valence electrons. The number of amides is 1. The van der Waals surface area contributed by atoms with Crippen molar-refractivity contribution in [2.45, 2.75) is 51.5 Å². The van der Waals surface area contributed by atoms with Gasteiger partial charge in [0.15, 0.2) is 11.5 Å². The Morgan fingerprint density at radius 2 is 1.69 bits per heavy atom. The Kier molecular flexibility index (Phi) is 9.83. The zero-order chi connectivity index (χ0) is 27.9. The molecule has 2 aromatic carbocycles. The van der Waals surface area contributed by atoms with Crippen molar-refractivity contribution in [2.75, 3.05) is 47.5 Å². The van der Waals surface area contributed by atoms with Crippen molar-refractivity contribution in [1.29, 1.82) is 0 Å². The van der Waals surface area contributed by atoms with Gasteiger partial charge in [-0.05, 0) is 69.3 Å². The van der Waals surface area contributed by atoms with Gasteiger partial charge in [-0.3, -0.25) is 9.69 Å². The second kappa shape index (κ2) is 13.3. The zero-order valence-corrected chi connectivity index (χ0v) is 23.5. The number of rotatable bonds is 11. The minimum absolute atomic E-state index is 0.172. The maximum absolute atomic E-state index is 14.4. The number of hydrogen-bond donors (Lipinski definition) is 0. The molecule has 1 aliphatic carbocycles. The molecule has 1 amide bonds. The van der Waals surface area contributed by atoms with Crippen molar-refractivity contribution >= 4 is 12.0 Å². The second-order valence-corrected chi connectivity index (χ2v) is 10.7.